The first-order valence-electron chi connectivity index (χ1n) is 7.16. The fourth-order valence-electron chi connectivity index (χ4n) is 2.67. The highest BCUT2D eigenvalue weighted by atomic mass is 16.3. The molecule has 2 rings (SSSR count). The summed E-state index contributed by atoms with van der Waals surface area (Å²) in [5, 5.41) is 0. The molecule has 1 aromatic rings. The van der Waals surface area contributed by atoms with Crippen LogP contribution in [-0.4, -0.2) is 41.5 Å². The summed E-state index contributed by atoms with van der Waals surface area (Å²) in [5.74, 6) is 2.01. The van der Waals surface area contributed by atoms with Crippen LogP contribution in [0, 0.1) is 6.92 Å². The van der Waals surface area contributed by atoms with E-state index in [4.69, 9.17) is 10.2 Å². The summed E-state index contributed by atoms with van der Waals surface area (Å²) in [5.41, 5.74) is 7.09. The lowest BCUT2D eigenvalue weighted by Crippen LogP contribution is -2.53. The van der Waals surface area contributed by atoms with E-state index >= 15 is 0 Å². The third kappa shape index (κ3) is 3.59. The average molecular weight is 265 g/mol. The van der Waals surface area contributed by atoms with Crippen molar-refractivity contribution in [3.8, 4) is 0 Å². The van der Waals surface area contributed by atoms with Gasteiger partial charge in [-0.1, -0.05) is 0 Å². The van der Waals surface area contributed by atoms with Crippen LogP contribution in [0.5, 0.6) is 0 Å². The molecular formula is C15H27N3O. The van der Waals surface area contributed by atoms with Crippen molar-refractivity contribution in [2.75, 3.05) is 26.2 Å². The van der Waals surface area contributed by atoms with Gasteiger partial charge in [0.2, 0.25) is 0 Å². The van der Waals surface area contributed by atoms with Gasteiger partial charge in [-0.15, -0.1) is 0 Å². The van der Waals surface area contributed by atoms with Crippen LogP contribution in [0.4, 0.5) is 0 Å². The summed E-state index contributed by atoms with van der Waals surface area (Å²) in [6.07, 6.45) is 0. The second-order valence-corrected chi connectivity index (χ2v) is 6.43. The lowest BCUT2D eigenvalue weighted by atomic mass is 10.0. The number of hydrogen-bond acceptors (Lipinski definition) is 4. The van der Waals surface area contributed by atoms with Crippen molar-refractivity contribution in [3.63, 3.8) is 0 Å². The second-order valence-electron chi connectivity index (χ2n) is 6.43. The molecule has 0 unspecified atom stereocenters. The molecule has 1 aliphatic heterocycles. The molecule has 0 bridgehead atoms. The summed E-state index contributed by atoms with van der Waals surface area (Å²) >= 11 is 0. The monoisotopic (exact) mass is 265 g/mol. The average Bonchev–Trinajstić information content (AvgIpc) is 2.69. The van der Waals surface area contributed by atoms with Crippen molar-refractivity contribution in [3.05, 3.63) is 23.2 Å². The minimum absolute atomic E-state index is 0.278. The van der Waals surface area contributed by atoms with E-state index in [1.54, 1.807) is 0 Å². The quantitative estimate of drug-likeness (QED) is 0.907. The molecule has 0 aromatic carbocycles. The van der Waals surface area contributed by atoms with Crippen molar-refractivity contribution >= 4 is 0 Å². The number of nitrogens with two attached hydrogens (primary N) is 1. The maximum Gasteiger partial charge on any atom is 0.118 e. The zero-order valence-electron chi connectivity index (χ0n) is 12.7. The molecule has 1 saturated heterocycles. The van der Waals surface area contributed by atoms with Crippen LogP contribution in [0.1, 0.15) is 37.9 Å². The predicted octanol–water partition coefficient (Wildman–Crippen LogP) is 1.96. The molecule has 0 spiro atoms. The molecule has 0 atom stereocenters. The van der Waals surface area contributed by atoms with Gasteiger partial charge in [0.05, 0.1) is 6.54 Å². The highest BCUT2D eigenvalue weighted by molar-refractivity contribution is 5.20. The van der Waals surface area contributed by atoms with Gasteiger partial charge in [0.25, 0.3) is 0 Å². The summed E-state index contributed by atoms with van der Waals surface area (Å²) in [6, 6.07) is 2.10. The molecule has 1 aromatic heterocycles. The first kappa shape index (κ1) is 14.6. The molecule has 2 heterocycles. The van der Waals surface area contributed by atoms with Gasteiger partial charge in [-0.3, -0.25) is 9.80 Å². The number of furan rings is 1. The van der Waals surface area contributed by atoms with Crippen LogP contribution in [0.2, 0.25) is 0 Å². The zero-order valence-corrected chi connectivity index (χ0v) is 12.7. The number of rotatable bonds is 3. The number of nitrogens with zero attached hydrogens (tertiary/aromatic N) is 2. The maximum atomic E-state index is 5.77. The largest absolute Gasteiger partial charge is 0.465 e. The SMILES string of the molecule is Cc1oc(CN2CCN(C(C)(C)C)CC2)cc1CN. The third-order valence-electron chi connectivity index (χ3n) is 3.99. The van der Waals surface area contributed by atoms with Crippen LogP contribution < -0.4 is 5.73 Å². The van der Waals surface area contributed by atoms with Gasteiger partial charge in [0.15, 0.2) is 0 Å². The van der Waals surface area contributed by atoms with Crippen LogP contribution in [0.15, 0.2) is 10.5 Å². The Kier molecular flexibility index (Phi) is 4.33. The summed E-state index contributed by atoms with van der Waals surface area (Å²) in [7, 11) is 0. The van der Waals surface area contributed by atoms with E-state index in [0.717, 1.165) is 49.8 Å². The number of piperazine rings is 1. The van der Waals surface area contributed by atoms with Crippen LogP contribution in [-0.2, 0) is 13.1 Å². The Balaban J connectivity index is 1.88. The maximum absolute atomic E-state index is 5.77. The van der Waals surface area contributed by atoms with Crippen LogP contribution in [0.25, 0.3) is 0 Å². The molecule has 108 valence electrons. The Morgan fingerprint density at radius 2 is 1.84 bits per heavy atom. The summed E-state index contributed by atoms with van der Waals surface area (Å²) in [4.78, 5) is 5.00. The second kappa shape index (κ2) is 5.65. The van der Waals surface area contributed by atoms with Gasteiger partial charge < -0.3 is 10.2 Å². The van der Waals surface area contributed by atoms with Crippen molar-refractivity contribution in [1.29, 1.82) is 0 Å². The Hall–Kier alpha value is -0.840. The van der Waals surface area contributed by atoms with Crippen molar-refractivity contribution < 1.29 is 4.42 Å². The lowest BCUT2D eigenvalue weighted by molar-refractivity contribution is 0.0561. The standard InChI is InChI=1S/C15H27N3O/c1-12-13(10-16)9-14(19-12)11-17-5-7-18(8-6-17)15(2,3)4/h9H,5-8,10-11,16H2,1-4H3. The van der Waals surface area contributed by atoms with Gasteiger partial charge in [0, 0.05) is 43.8 Å². The van der Waals surface area contributed by atoms with Crippen molar-refractivity contribution in [2.24, 2.45) is 5.73 Å². The Labute approximate surface area is 116 Å². The topological polar surface area (TPSA) is 45.6 Å². The van der Waals surface area contributed by atoms with Crippen LogP contribution in [0.3, 0.4) is 0 Å². The van der Waals surface area contributed by atoms with Gasteiger partial charge in [-0.05, 0) is 33.8 Å². The first-order valence-corrected chi connectivity index (χ1v) is 7.16. The molecular weight excluding hydrogens is 238 g/mol. The number of hydrogen-bond donors (Lipinski definition) is 1. The molecule has 4 nitrogen and oxygen atoms in total. The molecule has 0 amide bonds. The van der Waals surface area contributed by atoms with E-state index in [0.29, 0.717) is 6.54 Å². The smallest absolute Gasteiger partial charge is 0.118 e. The van der Waals surface area contributed by atoms with Gasteiger partial charge in [-0.2, -0.15) is 0 Å². The van der Waals surface area contributed by atoms with E-state index in [1.165, 1.54) is 0 Å². The predicted molar refractivity (Wildman–Crippen MR) is 77.9 cm³/mol. The van der Waals surface area contributed by atoms with E-state index in [2.05, 4.69) is 36.6 Å². The third-order valence-corrected chi connectivity index (χ3v) is 3.99. The Morgan fingerprint density at radius 3 is 2.32 bits per heavy atom. The van der Waals surface area contributed by atoms with Crippen molar-refractivity contribution in [2.45, 2.75) is 46.3 Å². The molecule has 1 aliphatic rings. The van der Waals surface area contributed by atoms with Gasteiger partial charge in [-0.25, -0.2) is 0 Å². The first-order chi connectivity index (χ1) is 8.90. The van der Waals surface area contributed by atoms with E-state index in [-0.39, 0.29) is 5.54 Å². The van der Waals surface area contributed by atoms with E-state index in [9.17, 15) is 0 Å². The van der Waals surface area contributed by atoms with Gasteiger partial charge in [0.1, 0.15) is 11.5 Å². The normalized spacial score (nSPS) is 19.0. The molecule has 0 saturated carbocycles. The highest BCUT2D eigenvalue weighted by Gasteiger charge is 2.26. The molecule has 2 N–H and O–H groups in total. The molecule has 0 aliphatic carbocycles. The van der Waals surface area contributed by atoms with E-state index in [1.807, 2.05) is 6.92 Å². The fourth-order valence-corrected chi connectivity index (χ4v) is 2.67. The van der Waals surface area contributed by atoms with Gasteiger partial charge >= 0.3 is 0 Å². The number of aryl methyl sites for hydroxylation is 1. The molecule has 1 fully saturated rings. The van der Waals surface area contributed by atoms with E-state index < -0.39 is 0 Å². The fraction of sp³-hybridized carbons (Fsp3) is 0.733. The Bertz CT molecular complexity index is 412. The lowest BCUT2D eigenvalue weighted by Gasteiger charge is -2.42. The zero-order chi connectivity index (χ0) is 14.0. The minimum Gasteiger partial charge on any atom is -0.465 e. The van der Waals surface area contributed by atoms with Crippen molar-refractivity contribution in [1.82, 2.24) is 9.80 Å². The highest BCUT2D eigenvalue weighted by Crippen LogP contribution is 2.19. The molecule has 4 heteroatoms. The van der Waals surface area contributed by atoms with Crippen LogP contribution >= 0.6 is 0 Å². The molecule has 19 heavy (non-hydrogen) atoms. The summed E-state index contributed by atoms with van der Waals surface area (Å²) < 4.78 is 5.77. The molecule has 0 radical (unpaired) electrons. The Morgan fingerprint density at radius 1 is 1.21 bits per heavy atom. The summed E-state index contributed by atoms with van der Waals surface area (Å²) in [6.45, 7) is 14.8. The minimum atomic E-state index is 0.278.